The van der Waals surface area contributed by atoms with E-state index in [2.05, 4.69) is 43.8 Å². The Morgan fingerprint density at radius 3 is 2.29 bits per heavy atom. The zero-order valence-corrected chi connectivity index (χ0v) is 30.9. The van der Waals surface area contributed by atoms with E-state index in [1.54, 1.807) is 13.3 Å². The number of anilines is 4. The molecule has 7 aromatic rings. The van der Waals surface area contributed by atoms with E-state index in [1.165, 1.54) is 34.3 Å². The molecule has 0 radical (unpaired) electrons. The molecule has 3 aromatic carbocycles. The molecule has 1 unspecified atom stereocenters. The summed E-state index contributed by atoms with van der Waals surface area (Å²) in [6, 6.07) is 21.6. The van der Waals surface area contributed by atoms with Gasteiger partial charge in [0, 0.05) is 19.7 Å². The molecule has 0 bridgehead atoms. The summed E-state index contributed by atoms with van der Waals surface area (Å²) < 4.78 is 9.04. The number of benzene rings is 3. The van der Waals surface area contributed by atoms with Crippen molar-refractivity contribution >= 4 is 83.0 Å². The third-order valence-electron chi connectivity index (χ3n) is 8.22. The molecule has 0 spiro atoms. The maximum Gasteiger partial charge on any atom is 0.234 e. The van der Waals surface area contributed by atoms with Gasteiger partial charge >= 0.3 is 0 Å². The van der Waals surface area contributed by atoms with Crippen LogP contribution in [0.2, 0.25) is 0 Å². The normalized spacial score (nSPS) is 12.1. The smallest absolute Gasteiger partial charge is 0.234 e. The third-order valence-corrected chi connectivity index (χ3v) is 10.3. The Kier molecular flexibility index (Phi) is 9.52. The fraction of sp³-hybridized carbons (Fsp3) is 0.216. The van der Waals surface area contributed by atoms with Gasteiger partial charge in [0.2, 0.25) is 16.9 Å². The average molecular weight is 728 g/mol. The number of para-hydroxylation sites is 2. The SMILES string of the molecule is COCC(C)N(c1nc(Nc2c(C)cc(C)cc2C)c(N=Nc2nn(-c3nc4ccccc4s3)cc2C#N)c(C(C)=O)n1)c1nc2ccccc2s1. The van der Waals surface area contributed by atoms with Crippen molar-refractivity contribution < 1.29 is 9.53 Å². The lowest BCUT2D eigenvalue weighted by Gasteiger charge is -2.27. The van der Waals surface area contributed by atoms with Gasteiger partial charge in [0.15, 0.2) is 22.4 Å². The highest BCUT2D eigenvalue weighted by Crippen LogP contribution is 2.39. The van der Waals surface area contributed by atoms with Crippen LogP contribution in [-0.4, -0.2) is 55.3 Å². The number of hydrogen-bond donors (Lipinski definition) is 1. The van der Waals surface area contributed by atoms with Crippen molar-refractivity contribution in [2.45, 2.75) is 40.7 Å². The average Bonchev–Trinajstić information content (AvgIpc) is 3.85. The quantitative estimate of drug-likeness (QED) is 0.101. The Labute approximate surface area is 307 Å². The highest BCUT2D eigenvalue weighted by molar-refractivity contribution is 7.22. The van der Waals surface area contributed by atoms with Crippen LogP contribution in [0.4, 0.5) is 34.1 Å². The monoisotopic (exact) mass is 727 g/mol. The minimum absolute atomic E-state index is 0.0264. The minimum Gasteiger partial charge on any atom is -0.383 e. The second-order valence-electron chi connectivity index (χ2n) is 12.2. The van der Waals surface area contributed by atoms with Crippen molar-refractivity contribution in [1.82, 2.24) is 29.7 Å². The van der Waals surface area contributed by atoms with Crippen LogP contribution >= 0.6 is 22.7 Å². The second kappa shape index (κ2) is 14.3. The van der Waals surface area contributed by atoms with Gasteiger partial charge in [-0.1, -0.05) is 64.6 Å². The molecule has 0 amide bonds. The van der Waals surface area contributed by atoms with E-state index < -0.39 is 0 Å². The number of hydrogen-bond acceptors (Lipinski definition) is 14. The molecule has 15 heteroatoms. The van der Waals surface area contributed by atoms with Crippen molar-refractivity contribution in [3.63, 3.8) is 0 Å². The first-order valence-corrected chi connectivity index (χ1v) is 18.0. The van der Waals surface area contributed by atoms with Gasteiger partial charge in [-0.25, -0.2) is 19.6 Å². The molecule has 0 fully saturated rings. The number of ether oxygens (including phenoxy) is 1. The number of azo groups is 1. The number of thiazole rings is 2. The van der Waals surface area contributed by atoms with Crippen LogP contribution in [0.15, 0.2) is 77.1 Å². The number of nitrogens with one attached hydrogen (secondary N) is 1. The molecule has 52 heavy (non-hydrogen) atoms. The Bertz CT molecular complexity index is 2460. The first kappa shape index (κ1) is 34.5. The van der Waals surface area contributed by atoms with Gasteiger partial charge in [-0.15, -0.1) is 15.3 Å². The van der Waals surface area contributed by atoms with Crippen molar-refractivity contribution in [2.75, 3.05) is 23.9 Å². The summed E-state index contributed by atoms with van der Waals surface area (Å²) in [5.74, 6) is 0.172. The first-order chi connectivity index (χ1) is 25.1. The highest BCUT2D eigenvalue weighted by atomic mass is 32.1. The number of nitriles is 1. The van der Waals surface area contributed by atoms with Gasteiger partial charge in [-0.2, -0.15) is 10.2 Å². The number of carbonyl (C=O) groups excluding carboxylic acids is 1. The van der Waals surface area contributed by atoms with Gasteiger partial charge in [0.1, 0.15) is 17.3 Å². The molecule has 0 aliphatic rings. The molecule has 0 aliphatic carbocycles. The van der Waals surface area contributed by atoms with Crippen LogP contribution in [0, 0.1) is 32.1 Å². The molecule has 260 valence electrons. The summed E-state index contributed by atoms with van der Waals surface area (Å²) in [7, 11) is 1.63. The van der Waals surface area contributed by atoms with Crippen LogP contribution in [0.5, 0.6) is 0 Å². The van der Waals surface area contributed by atoms with E-state index in [0.717, 1.165) is 42.8 Å². The predicted octanol–water partition coefficient (Wildman–Crippen LogP) is 9.21. The van der Waals surface area contributed by atoms with E-state index in [-0.39, 0.29) is 46.4 Å². The van der Waals surface area contributed by atoms with E-state index in [0.29, 0.717) is 16.9 Å². The Morgan fingerprint density at radius 1 is 0.981 bits per heavy atom. The van der Waals surface area contributed by atoms with Crippen molar-refractivity contribution in [3.05, 3.63) is 94.8 Å². The molecule has 0 aliphatic heterocycles. The van der Waals surface area contributed by atoms with E-state index in [4.69, 9.17) is 19.7 Å². The van der Waals surface area contributed by atoms with Crippen LogP contribution in [-0.2, 0) is 4.74 Å². The number of carbonyl (C=O) groups is 1. The number of methoxy groups -OCH3 is 1. The summed E-state index contributed by atoms with van der Waals surface area (Å²) in [4.78, 5) is 34.7. The lowest BCUT2D eigenvalue weighted by molar-refractivity contribution is 0.101. The highest BCUT2D eigenvalue weighted by Gasteiger charge is 2.28. The van der Waals surface area contributed by atoms with Crippen LogP contribution in [0.1, 0.15) is 46.6 Å². The van der Waals surface area contributed by atoms with Gasteiger partial charge in [0.05, 0.1) is 39.3 Å². The first-order valence-electron chi connectivity index (χ1n) is 16.3. The summed E-state index contributed by atoms with van der Waals surface area (Å²) in [6.07, 6.45) is 1.56. The molecule has 7 rings (SSSR count). The predicted molar refractivity (Wildman–Crippen MR) is 205 cm³/mol. The summed E-state index contributed by atoms with van der Waals surface area (Å²) in [6.45, 7) is 9.77. The minimum atomic E-state index is -0.359. The lowest BCUT2D eigenvalue weighted by atomic mass is 10.0. The third kappa shape index (κ3) is 6.74. The molecular formula is C37H33N11O2S2. The standard InChI is InChI=1S/C37H33N11O2S2/c1-20-15-21(2)30(22(3)16-20)41-34-32(44-45-33-25(17-38)18-47(46-33)36-39-26-11-7-9-13-28(26)51-36)31(24(5)49)42-35(43-34)48(23(4)19-50-6)37-40-27-12-8-10-14-29(27)52-37/h7-16,18,23H,19H2,1-6H3,(H,41,42,43). The lowest BCUT2D eigenvalue weighted by Crippen LogP contribution is -2.34. The maximum atomic E-state index is 13.5. The van der Waals surface area contributed by atoms with Gasteiger partial charge < -0.3 is 10.1 Å². The zero-order chi connectivity index (χ0) is 36.5. The summed E-state index contributed by atoms with van der Waals surface area (Å²) in [5, 5.41) is 28.2. The summed E-state index contributed by atoms with van der Waals surface area (Å²) in [5.41, 5.74) is 5.81. The number of aryl methyl sites for hydroxylation is 3. The van der Waals surface area contributed by atoms with Gasteiger partial charge in [-0.05, 0) is 63.1 Å². The van der Waals surface area contributed by atoms with Gasteiger partial charge in [-0.3, -0.25) is 9.69 Å². The van der Waals surface area contributed by atoms with E-state index in [9.17, 15) is 10.1 Å². The Hall–Kier alpha value is -5.95. The number of nitrogens with zero attached hydrogens (tertiary/aromatic N) is 10. The van der Waals surface area contributed by atoms with Crippen LogP contribution in [0.25, 0.3) is 25.6 Å². The van der Waals surface area contributed by atoms with Crippen molar-refractivity contribution in [1.29, 1.82) is 5.26 Å². The molecule has 4 heterocycles. The molecule has 1 atom stereocenters. The molecule has 13 nitrogen and oxygen atoms in total. The Balaban J connectivity index is 1.39. The fourth-order valence-electron chi connectivity index (χ4n) is 5.89. The topological polar surface area (TPSA) is 159 Å². The molecule has 4 aromatic heterocycles. The van der Waals surface area contributed by atoms with Crippen LogP contribution < -0.4 is 10.2 Å². The number of rotatable bonds is 11. The molecular weight excluding hydrogens is 695 g/mol. The zero-order valence-electron chi connectivity index (χ0n) is 29.2. The maximum absolute atomic E-state index is 13.5. The summed E-state index contributed by atoms with van der Waals surface area (Å²) >= 11 is 2.92. The number of Topliss-reactive ketones (excluding diaryl/α,β-unsaturated/α-hetero) is 1. The van der Waals surface area contributed by atoms with Crippen molar-refractivity contribution in [2.24, 2.45) is 10.2 Å². The van der Waals surface area contributed by atoms with Crippen LogP contribution in [0.3, 0.4) is 0 Å². The second-order valence-corrected chi connectivity index (χ2v) is 14.3. The van der Waals surface area contributed by atoms with E-state index >= 15 is 0 Å². The largest absolute Gasteiger partial charge is 0.383 e. The number of aromatic nitrogens is 6. The number of fused-ring (bicyclic) bond motifs is 2. The number of ketones is 1. The molecule has 0 saturated heterocycles. The Morgan fingerprint density at radius 2 is 1.65 bits per heavy atom. The van der Waals surface area contributed by atoms with Crippen molar-refractivity contribution in [3.8, 4) is 11.2 Å². The fourth-order valence-corrected chi connectivity index (χ4v) is 7.85. The van der Waals surface area contributed by atoms with E-state index in [1.807, 2.05) is 81.1 Å². The molecule has 1 N–H and O–H groups in total. The molecule has 0 saturated carbocycles. The van der Waals surface area contributed by atoms with Gasteiger partial charge in [0.25, 0.3) is 0 Å².